The van der Waals surface area contributed by atoms with Crippen LogP contribution in [0, 0.1) is 0 Å². The van der Waals surface area contributed by atoms with Crippen LogP contribution in [0.5, 0.6) is 5.75 Å². The van der Waals surface area contributed by atoms with Gasteiger partial charge in [-0.3, -0.25) is 0 Å². The van der Waals surface area contributed by atoms with Crippen molar-refractivity contribution in [3.8, 4) is 5.75 Å². The number of benzene rings is 2. The largest absolute Gasteiger partial charge is 0.478 e. The summed E-state index contributed by atoms with van der Waals surface area (Å²) in [5.41, 5.74) is 0.648. The van der Waals surface area contributed by atoms with Gasteiger partial charge in [-0.15, -0.1) is 0 Å². The van der Waals surface area contributed by atoms with Crippen LogP contribution in [0.3, 0.4) is 0 Å². The van der Waals surface area contributed by atoms with E-state index in [0.717, 1.165) is 11.6 Å². The zero-order valence-corrected chi connectivity index (χ0v) is 13.9. The highest BCUT2D eigenvalue weighted by Crippen LogP contribution is 2.40. The third-order valence-electron chi connectivity index (χ3n) is 3.81. The highest BCUT2D eigenvalue weighted by Gasteiger charge is 2.48. The molecular weight excluding hydrogens is 371 g/mol. The average Bonchev–Trinajstić information content (AvgIpc) is 2.59. The summed E-state index contributed by atoms with van der Waals surface area (Å²) in [6, 6.07) is 12.1. The molecule has 0 radical (unpaired) electrons. The van der Waals surface area contributed by atoms with Crippen molar-refractivity contribution in [1.82, 2.24) is 0 Å². The van der Waals surface area contributed by atoms with Gasteiger partial charge in [-0.05, 0) is 17.7 Å². The first-order valence-electron chi connectivity index (χ1n) is 7.55. The molecule has 2 aromatic carbocycles. The standard InChI is InChI=1S/C18H13ClF3NO3/c19-13-7-11-6-12(17(24)25)16(18(20,21)22)26-15(11)8-14(13)23-9-10-4-2-1-3-5-10/h1-8,16,23H,9H2,(H,24,25). The number of ether oxygens (including phenoxy) is 1. The normalized spacial score (nSPS) is 16.3. The van der Waals surface area contributed by atoms with E-state index in [9.17, 15) is 18.0 Å². The predicted octanol–water partition coefficient (Wildman–Crippen LogP) is 4.74. The number of carbonyl (C=O) groups is 1. The van der Waals surface area contributed by atoms with Gasteiger partial charge in [-0.25, -0.2) is 4.79 Å². The Morgan fingerprint density at radius 1 is 1.23 bits per heavy atom. The number of hydrogen-bond acceptors (Lipinski definition) is 3. The van der Waals surface area contributed by atoms with E-state index in [1.807, 2.05) is 30.3 Å². The molecule has 1 unspecified atom stereocenters. The summed E-state index contributed by atoms with van der Waals surface area (Å²) >= 11 is 6.16. The number of carboxylic acid groups (broad SMARTS) is 1. The number of hydrogen-bond donors (Lipinski definition) is 2. The van der Waals surface area contributed by atoms with Crippen LogP contribution in [0.25, 0.3) is 6.08 Å². The van der Waals surface area contributed by atoms with E-state index in [0.29, 0.717) is 12.2 Å². The Bertz CT molecular complexity index is 866. The summed E-state index contributed by atoms with van der Waals surface area (Å²) in [5, 5.41) is 12.3. The maximum absolute atomic E-state index is 13.1. The van der Waals surface area contributed by atoms with E-state index >= 15 is 0 Å². The van der Waals surface area contributed by atoms with Crippen molar-refractivity contribution in [2.45, 2.75) is 18.8 Å². The van der Waals surface area contributed by atoms with Crippen molar-refractivity contribution in [2.75, 3.05) is 5.32 Å². The third kappa shape index (κ3) is 3.77. The summed E-state index contributed by atoms with van der Waals surface area (Å²) in [6.07, 6.45) is -6.44. The molecule has 0 aromatic heterocycles. The molecule has 0 aliphatic carbocycles. The Labute approximate surface area is 151 Å². The van der Waals surface area contributed by atoms with Crippen molar-refractivity contribution < 1.29 is 27.8 Å². The second-order valence-corrected chi connectivity index (χ2v) is 6.06. The summed E-state index contributed by atoms with van der Waals surface area (Å²) < 4.78 is 44.3. The van der Waals surface area contributed by atoms with Crippen LogP contribution in [0.1, 0.15) is 11.1 Å². The average molecular weight is 384 g/mol. The molecule has 0 saturated carbocycles. The molecule has 8 heteroatoms. The monoisotopic (exact) mass is 383 g/mol. The topological polar surface area (TPSA) is 58.6 Å². The van der Waals surface area contributed by atoms with Crippen LogP contribution >= 0.6 is 11.6 Å². The maximum atomic E-state index is 13.1. The van der Waals surface area contributed by atoms with E-state index in [1.165, 1.54) is 12.1 Å². The van der Waals surface area contributed by atoms with Gasteiger partial charge < -0.3 is 15.2 Å². The minimum atomic E-state index is -4.85. The summed E-state index contributed by atoms with van der Waals surface area (Å²) in [7, 11) is 0. The Morgan fingerprint density at radius 2 is 1.92 bits per heavy atom. The van der Waals surface area contributed by atoms with Crippen LogP contribution in [-0.2, 0) is 11.3 Å². The molecule has 0 amide bonds. The van der Waals surface area contributed by atoms with E-state index in [-0.39, 0.29) is 16.3 Å². The Kier molecular flexibility index (Phi) is 4.82. The molecule has 3 rings (SSSR count). The van der Waals surface area contributed by atoms with Gasteiger partial charge in [-0.1, -0.05) is 41.9 Å². The summed E-state index contributed by atoms with van der Waals surface area (Å²) in [5.74, 6) is -1.78. The Morgan fingerprint density at radius 3 is 2.54 bits per heavy atom. The number of aliphatic carboxylic acids is 1. The van der Waals surface area contributed by atoms with Gasteiger partial charge in [0.2, 0.25) is 6.10 Å². The number of alkyl halides is 3. The van der Waals surface area contributed by atoms with Crippen LogP contribution in [0.2, 0.25) is 5.02 Å². The number of nitrogens with one attached hydrogen (secondary N) is 1. The summed E-state index contributed by atoms with van der Waals surface area (Å²) in [4.78, 5) is 11.1. The van der Waals surface area contributed by atoms with Crippen LogP contribution < -0.4 is 10.1 Å². The highest BCUT2D eigenvalue weighted by molar-refractivity contribution is 6.33. The van der Waals surface area contributed by atoms with Crippen molar-refractivity contribution in [3.63, 3.8) is 0 Å². The lowest BCUT2D eigenvalue weighted by Crippen LogP contribution is -2.40. The maximum Gasteiger partial charge on any atom is 0.430 e. The van der Waals surface area contributed by atoms with E-state index in [4.69, 9.17) is 21.4 Å². The van der Waals surface area contributed by atoms with Crippen LogP contribution in [0.4, 0.5) is 18.9 Å². The van der Waals surface area contributed by atoms with Crippen molar-refractivity contribution in [3.05, 3.63) is 64.2 Å². The Balaban J connectivity index is 1.91. The highest BCUT2D eigenvalue weighted by atomic mass is 35.5. The first-order valence-corrected chi connectivity index (χ1v) is 7.93. The van der Waals surface area contributed by atoms with Gasteiger partial charge in [0.25, 0.3) is 0 Å². The fourth-order valence-corrected chi connectivity index (χ4v) is 2.80. The molecule has 0 saturated heterocycles. The lowest BCUT2D eigenvalue weighted by atomic mass is 10.0. The first kappa shape index (κ1) is 18.1. The van der Waals surface area contributed by atoms with Crippen molar-refractivity contribution in [2.24, 2.45) is 0 Å². The van der Waals surface area contributed by atoms with Crippen molar-refractivity contribution in [1.29, 1.82) is 0 Å². The SMILES string of the molecule is O=C(O)C1=Cc2cc(Cl)c(NCc3ccccc3)cc2OC1C(F)(F)F. The first-order chi connectivity index (χ1) is 12.3. The number of rotatable bonds is 4. The number of anilines is 1. The third-order valence-corrected chi connectivity index (χ3v) is 4.12. The number of halogens is 4. The van der Waals surface area contributed by atoms with Crippen LogP contribution in [-0.4, -0.2) is 23.4 Å². The van der Waals surface area contributed by atoms with Gasteiger partial charge in [0.15, 0.2) is 0 Å². The molecule has 2 N–H and O–H groups in total. The molecule has 0 bridgehead atoms. The zero-order chi connectivity index (χ0) is 18.9. The molecule has 0 fully saturated rings. The fourth-order valence-electron chi connectivity index (χ4n) is 2.56. The molecular formula is C18H13ClF3NO3. The van der Waals surface area contributed by atoms with E-state index < -0.39 is 23.8 Å². The van der Waals surface area contributed by atoms with Crippen LogP contribution in [0.15, 0.2) is 48.0 Å². The molecule has 1 aliphatic heterocycles. The lowest BCUT2D eigenvalue weighted by molar-refractivity contribution is -0.187. The number of fused-ring (bicyclic) bond motifs is 1. The molecule has 26 heavy (non-hydrogen) atoms. The second-order valence-electron chi connectivity index (χ2n) is 5.65. The van der Waals surface area contributed by atoms with Gasteiger partial charge in [0.1, 0.15) is 5.75 Å². The minimum Gasteiger partial charge on any atom is -0.478 e. The second kappa shape index (κ2) is 6.92. The van der Waals surface area contributed by atoms with E-state index in [1.54, 1.807) is 0 Å². The molecule has 1 aliphatic rings. The molecule has 1 heterocycles. The number of carboxylic acids is 1. The smallest absolute Gasteiger partial charge is 0.430 e. The zero-order valence-electron chi connectivity index (χ0n) is 13.2. The molecule has 4 nitrogen and oxygen atoms in total. The molecule has 0 spiro atoms. The fraction of sp³-hybridized carbons (Fsp3) is 0.167. The van der Waals surface area contributed by atoms with Gasteiger partial charge >= 0.3 is 12.1 Å². The van der Waals surface area contributed by atoms with Crippen molar-refractivity contribution >= 4 is 29.3 Å². The Hall–Kier alpha value is -2.67. The predicted molar refractivity (Wildman–Crippen MR) is 91.3 cm³/mol. The minimum absolute atomic E-state index is 0.0858. The quantitative estimate of drug-likeness (QED) is 0.800. The molecule has 1 atom stereocenters. The lowest BCUT2D eigenvalue weighted by Gasteiger charge is -2.27. The van der Waals surface area contributed by atoms with E-state index in [2.05, 4.69) is 5.32 Å². The van der Waals surface area contributed by atoms with Gasteiger partial charge in [0, 0.05) is 18.2 Å². The summed E-state index contributed by atoms with van der Waals surface area (Å²) in [6.45, 7) is 0.415. The van der Waals surface area contributed by atoms with Gasteiger partial charge in [0.05, 0.1) is 16.3 Å². The molecule has 136 valence electrons. The van der Waals surface area contributed by atoms with Gasteiger partial charge in [-0.2, -0.15) is 13.2 Å². The molecule has 2 aromatic rings.